The summed E-state index contributed by atoms with van der Waals surface area (Å²) in [7, 11) is 0. The zero-order valence-electron chi connectivity index (χ0n) is 9.33. The second-order valence-corrected chi connectivity index (χ2v) is 2.32. The van der Waals surface area contributed by atoms with E-state index in [0.717, 1.165) is 6.92 Å². The second kappa shape index (κ2) is 16.8. The van der Waals surface area contributed by atoms with Crippen LogP contribution in [0.25, 0.3) is 0 Å². The van der Waals surface area contributed by atoms with Gasteiger partial charge in [0.2, 0.25) is 0 Å². The smallest absolute Gasteiger partial charge is 0.550 e. The Hall–Kier alpha value is 1.34. The van der Waals surface area contributed by atoms with Gasteiger partial charge in [0.1, 0.15) is 0 Å². The SMILES string of the molecule is CC(=O)[O-].CCC(CC)C(=O)[O-].[K+].[Mg+2]. The number of carboxylic acids is 2. The summed E-state index contributed by atoms with van der Waals surface area (Å²) in [4.78, 5) is 18.9. The maximum atomic E-state index is 10.1. The summed E-state index contributed by atoms with van der Waals surface area (Å²) in [6, 6.07) is 0. The van der Waals surface area contributed by atoms with E-state index in [1.54, 1.807) is 0 Å². The number of rotatable bonds is 3. The Kier molecular flexibility index (Phi) is 29.4. The normalized spacial score (nSPS) is 7.43. The van der Waals surface area contributed by atoms with Crippen LogP contribution in [0, 0.1) is 5.92 Å². The fourth-order valence-corrected chi connectivity index (χ4v) is 0.622. The Labute approximate surface area is 143 Å². The van der Waals surface area contributed by atoms with Crippen molar-refractivity contribution in [3.8, 4) is 0 Å². The number of carboxylic acid groups (broad SMARTS) is 2. The van der Waals surface area contributed by atoms with Gasteiger partial charge in [0.25, 0.3) is 0 Å². The van der Waals surface area contributed by atoms with E-state index in [0.29, 0.717) is 12.8 Å². The average Bonchev–Trinajstić information content (AvgIpc) is 1.87. The van der Waals surface area contributed by atoms with Crippen molar-refractivity contribution in [1.29, 1.82) is 0 Å². The van der Waals surface area contributed by atoms with Crippen molar-refractivity contribution in [2.24, 2.45) is 5.92 Å². The number of aliphatic carboxylic acids is 2. The minimum absolute atomic E-state index is 0. The van der Waals surface area contributed by atoms with Gasteiger partial charge in [-0.15, -0.1) is 0 Å². The molecule has 0 amide bonds. The molecule has 0 aliphatic rings. The molecule has 0 heterocycles. The molecule has 0 fully saturated rings. The van der Waals surface area contributed by atoms with Crippen LogP contribution in [-0.2, 0) is 9.59 Å². The summed E-state index contributed by atoms with van der Waals surface area (Å²) in [5.41, 5.74) is 0. The molecule has 0 bridgehead atoms. The van der Waals surface area contributed by atoms with E-state index in [-0.39, 0.29) is 80.4 Å². The minimum atomic E-state index is -1.08. The van der Waals surface area contributed by atoms with Crippen LogP contribution in [0.4, 0.5) is 0 Å². The zero-order valence-corrected chi connectivity index (χ0v) is 13.9. The fraction of sp³-hybridized carbons (Fsp3) is 0.750. The van der Waals surface area contributed by atoms with Gasteiger partial charge in [-0.1, -0.05) is 13.8 Å². The molecule has 6 heteroatoms. The van der Waals surface area contributed by atoms with Crippen LogP contribution in [-0.4, -0.2) is 35.0 Å². The van der Waals surface area contributed by atoms with Crippen molar-refractivity contribution in [3.63, 3.8) is 0 Å². The molecule has 0 saturated heterocycles. The van der Waals surface area contributed by atoms with Crippen LogP contribution in [0.3, 0.4) is 0 Å². The van der Waals surface area contributed by atoms with E-state index in [4.69, 9.17) is 9.90 Å². The summed E-state index contributed by atoms with van der Waals surface area (Å²) >= 11 is 0. The van der Waals surface area contributed by atoms with Crippen LogP contribution >= 0.6 is 0 Å². The summed E-state index contributed by atoms with van der Waals surface area (Å²) < 4.78 is 0. The van der Waals surface area contributed by atoms with Gasteiger partial charge in [-0.25, -0.2) is 0 Å². The van der Waals surface area contributed by atoms with Crippen molar-refractivity contribution in [2.45, 2.75) is 33.6 Å². The van der Waals surface area contributed by atoms with Gasteiger partial charge in [0.15, 0.2) is 0 Å². The number of hydrogen-bond donors (Lipinski definition) is 0. The fourth-order valence-electron chi connectivity index (χ4n) is 0.622. The largest absolute Gasteiger partial charge is 2.00 e. The summed E-state index contributed by atoms with van der Waals surface area (Å²) in [6.45, 7) is 4.67. The Bertz CT molecular complexity index is 144. The molecule has 72 valence electrons. The molecule has 0 aromatic rings. The van der Waals surface area contributed by atoms with Gasteiger partial charge in [-0.3, -0.25) is 0 Å². The average molecular weight is 238 g/mol. The van der Waals surface area contributed by atoms with Crippen LogP contribution in [0.15, 0.2) is 0 Å². The number of carbonyl (C=O) groups is 2. The first-order valence-electron chi connectivity index (χ1n) is 3.84. The Balaban J connectivity index is -0.0000000733. The van der Waals surface area contributed by atoms with Crippen molar-refractivity contribution in [1.82, 2.24) is 0 Å². The van der Waals surface area contributed by atoms with Crippen LogP contribution in [0.1, 0.15) is 33.6 Å². The van der Waals surface area contributed by atoms with Crippen molar-refractivity contribution >= 4 is 35.0 Å². The van der Waals surface area contributed by atoms with Gasteiger partial charge < -0.3 is 19.8 Å². The first-order chi connectivity index (χ1) is 5.45. The number of carbonyl (C=O) groups excluding carboxylic acids is 2. The summed E-state index contributed by atoms with van der Waals surface area (Å²) in [6.07, 6.45) is 1.36. The van der Waals surface area contributed by atoms with E-state index in [1.807, 2.05) is 13.8 Å². The molecule has 0 aromatic carbocycles. The Morgan fingerprint density at radius 2 is 1.36 bits per heavy atom. The zero-order chi connectivity index (χ0) is 10.1. The van der Waals surface area contributed by atoms with E-state index in [9.17, 15) is 9.90 Å². The Morgan fingerprint density at radius 3 is 1.36 bits per heavy atom. The molecule has 0 rings (SSSR count). The molecule has 0 aliphatic heterocycles. The first-order valence-corrected chi connectivity index (χ1v) is 3.84. The van der Waals surface area contributed by atoms with Crippen molar-refractivity contribution in [3.05, 3.63) is 0 Å². The summed E-state index contributed by atoms with van der Waals surface area (Å²) in [5.74, 6) is -2.25. The Morgan fingerprint density at radius 1 is 1.14 bits per heavy atom. The third-order valence-electron chi connectivity index (χ3n) is 1.32. The third-order valence-corrected chi connectivity index (χ3v) is 1.32. The molecule has 0 N–H and O–H groups in total. The van der Waals surface area contributed by atoms with Crippen molar-refractivity contribution < 1.29 is 71.2 Å². The predicted octanol–water partition coefficient (Wildman–Crippen LogP) is -4.45. The molecule has 4 nitrogen and oxygen atoms in total. The van der Waals surface area contributed by atoms with Gasteiger partial charge in [0.05, 0.1) is 0 Å². The van der Waals surface area contributed by atoms with Crippen LogP contribution < -0.4 is 61.6 Å². The van der Waals surface area contributed by atoms with Gasteiger partial charge in [0, 0.05) is 11.9 Å². The van der Waals surface area contributed by atoms with Gasteiger partial charge in [-0.2, -0.15) is 0 Å². The maximum absolute atomic E-state index is 10.1. The van der Waals surface area contributed by atoms with Gasteiger partial charge >= 0.3 is 74.4 Å². The summed E-state index contributed by atoms with van der Waals surface area (Å²) in [5, 5.41) is 18.9. The monoisotopic (exact) mass is 237 g/mol. The molecule has 14 heavy (non-hydrogen) atoms. The molecule has 0 aromatic heterocycles. The number of hydrogen-bond acceptors (Lipinski definition) is 4. The third kappa shape index (κ3) is 23.3. The molecule has 0 unspecified atom stereocenters. The topological polar surface area (TPSA) is 80.3 Å². The molecular weight excluding hydrogens is 223 g/mol. The molecule has 0 atom stereocenters. The van der Waals surface area contributed by atoms with E-state index in [2.05, 4.69) is 0 Å². The first kappa shape index (κ1) is 24.5. The molecular formula is C8H14KMgO4+. The quantitative estimate of drug-likeness (QED) is 0.464. The standard InChI is InChI=1S/C6H12O2.C2H4O2.K.Mg/c1-3-5(4-2)6(7)8;1-2(3)4;;/h5H,3-4H2,1-2H3,(H,7,8);1H3,(H,3,4);;/q;;+1;+2/p-2. The van der Waals surface area contributed by atoms with E-state index < -0.39 is 11.9 Å². The molecule has 0 radical (unpaired) electrons. The van der Waals surface area contributed by atoms with Gasteiger partial charge in [-0.05, 0) is 25.7 Å². The van der Waals surface area contributed by atoms with E-state index >= 15 is 0 Å². The molecule has 0 spiro atoms. The second-order valence-electron chi connectivity index (χ2n) is 2.32. The van der Waals surface area contributed by atoms with Crippen LogP contribution in [0.5, 0.6) is 0 Å². The predicted molar refractivity (Wildman–Crippen MR) is 45.5 cm³/mol. The minimum Gasteiger partial charge on any atom is -0.550 e. The van der Waals surface area contributed by atoms with Crippen LogP contribution in [0.2, 0.25) is 0 Å². The molecule has 0 aliphatic carbocycles. The molecule has 0 saturated carbocycles. The van der Waals surface area contributed by atoms with E-state index in [1.165, 1.54) is 0 Å². The maximum Gasteiger partial charge on any atom is 2.00 e. The van der Waals surface area contributed by atoms with Crippen molar-refractivity contribution in [2.75, 3.05) is 0 Å².